The summed E-state index contributed by atoms with van der Waals surface area (Å²) in [6.07, 6.45) is 0. The van der Waals surface area contributed by atoms with Crippen LogP contribution in [0.15, 0.2) is 45.8 Å². The van der Waals surface area contributed by atoms with Gasteiger partial charge < -0.3 is 5.73 Å². The minimum atomic E-state index is 0.520. The number of anilines is 1. The molecule has 0 fully saturated rings. The molecule has 17 heavy (non-hydrogen) atoms. The molecule has 0 aliphatic carbocycles. The van der Waals surface area contributed by atoms with Gasteiger partial charge in [0.15, 0.2) is 0 Å². The lowest BCUT2D eigenvalue weighted by Crippen LogP contribution is -1.90. The maximum Gasteiger partial charge on any atom is 0.129 e. The molecule has 0 aliphatic heterocycles. The van der Waals surface area contributed by atoms with Gasteiger partial charge in [-0.3, -0.25) is 0 Å². The SMILES string of the molecule is Nc1cc(Br)ccc1SCc1cccc(Cl)n1. The van der Waals surface area contributed by atoms with Crippen LogP contribution in [0.1, 0.15) is 5.69 Å². The van der Waals surface area contributed by atoms with E-state index in [2.05, 4.69) is 20.9 Å². The van der Waals surface area contributed by atoms with Gasteiger partial charge in [-0.05, 0) is 30.3 Å². The highest BCUT2D eigenvalue weighted by Gasteiger charge is 2.02. The second-order valence-electron chi connectivity index (χ2n) is 3.42. The molecule has 0 spiro atoms. The molecular formula is C12H10BrClN2S. The Bertz CT molecular complexity index is 534. The molecule has 5 heteroatoms. The molecule has 2 nitrogen and oxygen atoms in total. The van der Waals surface area contributed by atoms with E-state index >= 15 is 0 Å². The Morgan fingerprint density at radius 1 is 1.29 bits per heavy atom. The first-order valence-electron chi connectivity index (χ1n) is 4.94. The van der Waals surface area contributed by atoms with Crippen molar-refractivity contribution >= 4 is 45.0 Å². The van der Waals surface area contributed by atoms with Crippen molar-refractivity contribution in [3.8, 4) is 0 Å². The largest absolute Gasteiger partial charge is 0.398 e. The Balaban J connectivity index is 2.07. The molecule has 88 valence electrons. The van der Waals surface area contributed by atoms with Crippen molar-refractivity contribution < 1.29 is 0 Å². The molecule has 2 rings (SSSR count). The van der Waals surface area contributed by atoms with Gasteiger partial charge in [-0.1, -0.05) is 33.6 Å². The van der Waals surface area contributed by atoms with E-state index in [1.54, 1.807) is 17.8 Å². The minimum Gasteiger partial charge on any atom is -0.398 e. The Kier molecular flexibility index (Phi) is 4.31. The molecule has 0 radical (unpaired) electrons. The number of aromatic nitrogens is 1. The third-order valence-corrected chi connectivity index (χ3v) is 3.95. The lowest BCUT2D eigenvalue weighted by atomic mass is 10.3. The molecule has 0 amide bonds. The topological polar surface area (TPSA) is 38.9 Å². The standard InChI is InChI=1S/C12H10BrClN2S/c13-8-4-5-11(10(15)6-8)17-7-9-2-1-3-12(14)16-9/h1-6H,7,15H2. The van der Waals surface area contributed by atoms with E-state index in [9.17, 15) is 0 Å². The van der Waals surface area contributed by atoms with Crippen LogP contribution >= 0.6 is 39.3 Å². The Morgan fingerprint density at radius 3 is 2.82 bits per heavy atom. The van der Waals surface area contributed by atoms with Crippen molar-refractivity contribution in [2.75, 3.05) is 5.73 Å². The number of halogens is 2. The molecule has 2 aromatic rings. The van der Waals surface area contributed by atoms with Gasteiger partial charge in [0.2, 0.25) is 0 Å². The highest BCUT2D eigenvalue weighted by atomic mass is 79.9. The average Bonchev–Trinajstić information content (AvgIpc) is 2.28. The van der Waals surface area contributed by atoms with E-state index in [1.807, 2.05) is 30.3 Å². The fourth-order valence-corrected chi connectivity index (χ4v) is 2.75. The van der Waals surface area contributed by atoms with Gasteiger partial charge in [0.25, 0.3) is 0 Å². The van der Waals surface area contributed by atoms with Gasteiger partial charge in [0.05, 0.1) is 5.69 Å². The lowest BCUT2D eigenvalue weighted by Gasteiger charge is -2.05. The monoisotopic (exact) mass is 328 g/mol. The number of hydrogen-bond acceptors (Lipinski definition) is 3. The molecule has 1 aromatic carbocycles. The first kappa shape index (κ1) is 12.7. The molecule has 2 N–H and O–H groups in total. The Labute approximate surface area is 118 Å². The lowest BCUT2D eigenvalue weighted by molar-refractivity contribution is 1.17. The molecule has 0 saturated heterocycles. The molecular weight excluding hydrogens is 320 g/mol. The summed E-state index contributed by atoms with van der Waals surface area (Å²) in [4.78, 5) is 5.28. The van der Waals surface area contributed by atoms with Crippen LogP contribution in [-0.4, -0.2) is 4.98 Å². The van der Waals surface area contributed by atoms with Crippen molar-refractivity contribution in [1.29, 1.82) is 0 Å². The number of pyridine rings is 1. The van der Waals surface area contributed by atoms with Crippen molar-refractivity contribution in [3.63, 3.8) is 0 Å². The zero-order chi connectivity index (χ0) is 12.3. The van der Waals surface area contributed by atoms with Gasteiger partial charge in [-0.2, -0.15) is 0 Å². The second kappa shape index (κ2) is 5.76. The van der Waals surface area contributed by atoms with E-state index in [1.165, 1.54) is 0 Å². The maximum absolute atomic E-state index is 5.92. The summed E-state index contributed by atoms with van der Waals surface area (Å²) in [6.45, 7) is 0. The zero-order valence-corrected chi connectivity index (χ0v) is 12.0. The highest BCUT2D eigenvalue weighted by Crippen LogP contribution is 2.30. The van der Waals surface area contributed by atoms with Gasteiger partial charge in [0, 0.05) is 20.8 Å². The number of rotatable bonds is 3. The predicted molar refractivity (Wildman–Crippen MR) is 77.4 cm³/mol. The number of hydrogen-bond donors (Lipinski definition) is 1. The Morgan fingerprint density at radius 2 is 2.12 bits per heavy atom. The first-order valence-corrected chi connectivity index (χ1v) is 7.10. The third kappa shape index (κ3) is 3.63. The molecule has 0 aliphatic rings. The number of nitrogens with two attached hydrogens (primary N) is 1. The van der Waals surface area contributed by atoms with Gasteiger partial charge in [-0.25, -0.2) is 4.98 Å². The predicted octanol–water partition coefficient (Wildman–Crippen LogP) is 4.37. The van der Waals surface area contributed by atoms with Gasteiger partial charge >= 0.3 is 0 Å². The zero-order valence-electron chi connectivity index (χ0n) is 8.86. The van der Waals surface area contributed by atoms with E-state index < -0.39 is 0 Å². The average molecular weight is 330 g/mol. The van der Waals surface area contributed by atoms with Crippen molar-refractivity contribution in [2.24, 2.45) is 0 Å². The maximum atomic E-state index is 5.92. The van der Waals surface area contributed by atoms with E-state index in [-0.39, 0.29) is 0 Å². The highest BCUT2D eigenvalue weighted by molar-refractivity contribution is 9.10. The van der Waals surface area contributed by atoms with E-state index in [0.29, 0.717) is 5.15 Å². The van der Waals surface area contributed by atoms with Crippen LogP contribution in [0.25, 0.3) is 0 Å². The van der Waals surface area contributed by atoms with Crippen LogP contribution in [0.3, 0.4) is 0 Å². The number of benzene rings is 1. The van der Waals surface area contributed by atoms with E-state index in [0.717, 1.165) is 26.5 Å². The van der Waals surface area contributed by atoms with Gasteiger partial charge in [-0.15, -0.1) is 11.8 Å². The van der Waals surface area contributed by atoms with Crippen LogP contribution in [-0.2, 0) is 5.75 Å². The molecule has 1 heterocycles. The molecule has 1 aromatic heterocycles. The first-order chi connectivity index (χ1) is 8.15. The molecule has 0 atom stereocenters. The fourth-order valence-electron chi connectivity index (χ4n) is 1.33. The normalized spacial score (nSPS) is 10.5. The summed E-state index contributed by atoms with van der Waals surface area (Å²) in [5.41, 5.74) is 7.64. The second-order valence-corrected chi connectivity index (χ2v) is 5.74. The summed E-state index contributed by atoms with van der Waals surface area (Å²) in [5.74, 6) is 0.756. The third-order valence-electron chi connectivity index (χ3n) is 2.12. The quantitative estimate of drug-likeness (QED) is 0.516. The fraction of sp³-hybridized carbons (Fsp3) is 0.0833. The Hall–Kier alpha value is -0.710. The summed E-state index contributed by atoms with van der Waals surface area (Å²) < 4.78 is 0.986. The van der Waals surface area contributed by atoms with Crippen LogP contribution < -0.4 is 5.73 Å². The summed E-state index contributed by atoms with van der Waals surface area (Å²) >= 11 is 10.9. The molecule has 0 unspecified atom stereocenters. The van der Waals surface area contributed by atoms with Crippen molar-refractivity contribution in [3.05, 3.63) is 51.7 Å². The summed E-state index contributed by atoms with van der Waals surface area (Å²) in [5, 5.41) is 0.520. The smallest absolute Gasteiger partial charge is 0.129 e. The summed E-state index contributed by atoms with van der Waals surface area (Å²) in [7, 11) is 0. The summed E-state index contributed by atoms with van der Waals surface area (Å²) in [6, 6.07) is 11.5. The van der Waals surface area contributed by atoms with Crippen molar-refractivity contribution in [1.82, 2.24) is 4.98 Å². The minimum absolute atomic E-state index is 0.520. The number of nitrogen functional groups attached to an aromatic ring is 1. The van der Waals surface area contributed by atoms with Crippen LogP contribution in [0.4, 0.5) is 5.69 Å². The van der Waals surface area contributed by atoms with Gasteiger partial charge in [0.1, 0.15) is 5.15 Å². The molecule has 0 bridgehead atoms. The van der Waals surface area contributed by atoms with Crippen LogP contribution in [0.2, 0.25) is 5.15 Å². The number of thioether (sulfide) groups is 1. The molecule has 0 saturated carbocycles. The van der Waals surface area contributed by atoms with Crippen LogP contribution in [0.5, 0.6) is 0 Å². The number of nitrogens with zero attached hydrogens (tertiary/aromatic N) is 1. The van der Waals surface area contributed by atoms with Crippen molar-refractivity contribution in [2.45, 2.75) is 10.6 Å². The van der Waals surface area contributed by atoms with Crippen LogP contribution in [0, 0.1) is 0 Å². The van der Waals surface area contributed by atoms with E-state index in [4.69, 9.17) is 17.3 Å².